The first-order valence-corrected chi connectivity index (χ1v) is 10.9. The molecule has 0 spiro atoms. The van der Waals surface area contributed by atoms with Crippen LogP contribution in [0.4, 0.5) is 16.6 Å². The van der Waals surface area contributed by atoms with Gasteiger partial charge in [-0.2, -0.15) is 0 Å². The third kappa shape index (κ3) is 4.33. The summed E-state index contributed by atoms with van der Waals surface area (Å²) in [6.07, 6.45) is 0. The van der Waals surface area contributed by atoms with Crippen molar-refractivity contribution in [3.05, 3.63) is 96.3 Å². The topological polar surface area (TPSA) is 79.8 Å². The number of nitrogens with zero attached hydrogens (tertiary/aromatic N) is 3. The Hall–Kier alpha value is -4.10. The molecular formula is C25H19N5OS. The molecule has 0 unspecified atom stereocenters. The normalized spacial score (nSPS) is 10.8. The van der Waals surface area contributed by atoms with Crippen molar-refractivity contribution in [3.63, 3.8) is 0 Å². The van der Waals surface area contributed by atoms with Crippen LogP contribution >= 0.6 is 11.3 Å². The van der Waals surface area contributed by atoms with Gasteiger partial charge in [0, 0.05) is 22.9 Å². The van der Waals surface area contributed by atoms with Crippen LogP contribution in [-0.2, 0) is 0 Å². The molecule has 0 fully saturated rings. The maximum atomic E-state index is 12.8. The minimum atomic E-state index is -0.212. The molecule has 2 heterocycles. The third-order valence-corrected chi connectivity index (χ3v) is 5.77. The van der Waals surface area contributed by atoms with Gasteiger partial charge in [0.05, 0.1) is 15.9 Å². The highest BCUT2D eigenvalue weighted by atomic mass is 32.1. The Bertz CT molecular complexity index is 1380. The molecule has 0 saturated heterocycles. The predicted molar refractivity (Wildman–Crippen MR) is 130 cm³/mol. The monoisotopic (exact) mass is 437 g/mol. The standard InChI is InChI=1S/C25H19N5OS/c1-16-26-21(17-8-3-2-4-9-17)15-23(27-16)28-19-11-7-10-18(14-19)24(31)30-25-29-20-12-5-6-13-22(20)32-25/h2-15H,1H3,(H,26,27,28)(H,29,30,31). The summed E-state index contributed by atoms with van der Waals surface area (Å²) in [5.74, 6) is 1.12. The molecule has 5 rings (SSSR count). The van der Waals surface area contributed by atoms with Crippen molar-refractivity contribution in [2.24, 2.45) is 0 Å². The van der Waals surface area contributed by atoms with E-state index >= 15 is 0 Å². The van der Waals surface area contributed by atoms with Crippen molar-refractivity contribution in [1.82, 2.24) is 15.0 Å². The van der Waals surface area contributed by atoms with Gasteiger partial charge in [0.15, 0.2) is 5.13 Å². The summed E-state index contributed by atoms with van der Waals surface area (Å²) in [7, 11) is 0. The number of rotatable bonds is 5. The highest BCUT2D eigenvalue weighted by Crippen LogP contribution is 2.26. The zero-order valence-electron chi connectivity index (χ0n) is 17.2. The third-order valence-electron chi connectivity index (χ3n) is 4.82. The van der Waals surface area contributed by atoms with Gasteiger partial charge in [0.2, 0.25) is 0 Å². The molecule has 6 nitrogen and oxygen atoms in total. The van der Waals surface area contributed by atoms with Crippen LogP contribution in [0.3, 0.4) is 0 Å². The van der Waals surface area contributed by atoms with Crippen LogP contribution in [0.15, 0.2) is 84.9 Å². The summed E-state index contributed by atoms with van der Waals surface area (Å²) in [6, 6.07) is 27.0. The summed E-state index contributed by atoms with van der Waals surface area (Å²) in [5, 5.41) is 6.76. The summed E-state index contributed by atoms with van der Waals surface area (Å²) < 4.78 is 1.03. The Balaban J connectivity index is 1.36. The van der Waals surface area contributed by atoms with E-state index in [9.17, 15) is 4.79 Å². The van der Waals surface area contributed by atoms with Crippen molar-refractivity contribution in [3.8, 4) is 11.3 Å². The number of anilines is 3. The first kappa shape index (κ1) is 19.8. The van der Waals surface area contributed by atoms with E-state index in [0.29, 0.717) is 22.3 Å². The van der Waals surface area contributed by atoms with E-state index in [4.69, 9.17) is 0 Å². The van der Waals surface area contributed by atoms with Gasteiger partial charge in [0.25, 0.3) is 5.91 Å². The first-order chi connectivity index (χ1) is 15.6. The Labute approximate surface area is 189 Å². The van der Waals surface area contributed by atoms with Gasteiger partial charge in [0.1, 0.15) is 11.6 Å². The van der Waals surface area contributed by atoms with Gasteiger partial charge < -0.3 is 5.32 Å². The van der Waals surface area contributed by atoms with Gasteiger partial charge in [-0.1, -0.05) is 59.9 Å². The molecule has 32 heavy (non-hydrogen) atoms. The fourth-order valence-corrected chi connectivity index (χ4v) is 4.23. The smallest absolute Gasteiger partial charge is 0.257 e. The molecule has 7 heteroatoms. The zero-order chi connectivity index (χ0) is 21.9. The van der Waals surface area contributed by atoms with Crippen molar-refractivity contribution in [2.75, 3.05) is 10.6 Å². The Morgan fingerprint density at radius 3 is 2.50 bits per heavy atom. The summed E-state index contributed by atoms with van der Waals surface area (Å²) in [5.41, 5.74) is 4.02. The number of aromatic nitrogens is 3. The molecule has 0 radical (unpaired) electrons. The van der Waals surface area contributed by atoms with Crippen LogP contribution < -0.4 is 10.6 Å². The number of aryl methyl sites for hydroxylation is 1. The SMILES string of the molecule is Cc1nc(Nc2cccc(C(=O)Nc3nc4ccccc4s3)c2)cc(-c2ccccc2)n1. The van der Waals surface area contributed by atoms with Crippen LogP contribution in [0.2, 0.25) is 0 Å². The molecule has 2 N–H and O–H groups in total. The number of nitrogens with one attached hydrogen (secondary N) is 2. The minimum absolute atomic E-state index is 0.212. The quantitative estimate of drug-likeness (QED) is 0.349. The highest BCUT2D eigenvalue weighted by molar-refractivity contribution is 7.22. The minimum Gasteiger partial charge on any atom is -0.340 e. The molecule has 0 aliphatic carbocycles. The average molecular weight is 438 g/mol. The van der Waals surface area contributed by atoms with Crippen LogP contribution in [0.25, 0.3) is 21.5 Å². The maximum absolute atomic E-state index is 12.8. The first-order valence-electron chi connectivity index (χ1n) is 10.1. The summed E-state index contributed by atoms with van der Waals surface area (Å²) in [6.45, 7) is 1.86. The molecule has 0 saturated carbocycles. The van der Waals surface area contributed by atoms with Gasteiger partial charge in [-0.05, 0) is 37.3 Å². The molecule has 3 aromatic carbocycles. The fraction of sp³-hybridized carbons (Fsp3) is 0.0400. The lowest BCUT2D eigenvalue weighted by Gasteiger charge is -2.10. The van der Waals surface area contributed by atoms with Crippen LogP contribution in [0.1, 0.15) is 16.2 Å². The molecule has 0 bridgehead atoms. The zero-order valence-corrected chi connectivity index (χ0v) is 18.1. The molecule has 0 atom stereocenters. The van der Waals surface area contributed by atoms with Crippen molar-refractivity contribution < 1.29 is 4.79 Å². The van der Waals surface area contributed by atoms with Gasteiger partial charge in [-0.15, -0.1) is 0 Å². The van der Waals surface area contributed by atoms with E-state index in [2.05, 4.69) is 25.6 Å². The Kier molecular flexibility index (Phi) is 5.31. The van der Waals surface area contributed by atoms with E-state index in [1.165, 1.54) is 11.3 Å². The highest BCUT2D eigenvalue weighted by Gasteiger charge is 2.11. The van der Waals surface area contributed by atoms with E-state index in [-0.39, 0.29) is 5.91 Å². The second-order valence-corrected chi connectivity index (χ2v) is 8.23. The van der Waals surface area contributed by atoms with Crippen LogP contribution in [0.5, 0.6) is 0 Å². The number of carbonyl (C=O) groups excluding carboxylic acids is 1. The number of carbonyl (C=O) groups is 1. The molecule has 2 aromatic heterocycles. The number of hydrogen-bond donors (Lipinski definition) is 2. The van der Waals surface area contributed by atoms with Crippen LogP contribution in [0, 0.1) is 6.92 Å². The van der Waals surface area contributed by atoms with E-state index in [1.54, 1.807) is 12.1 Å². The number of amides is 1. The summed E-state index contributed by atoms with van der Waals surface area (Å²) >= 11 is 1.45. The number of fused-ring (bicyclic) bond motifs is 1. The molecule has 5 aromatic rings. The fourth-order valence-electron chi connectivity index (χ4n) is 3.37. The molecule has 1 amide bonds. The molecule has 156 valence electrons. The lowest BCUT2D eigenvalue weighted by Crippen LogP contribution is -2.11. The number of hydrogen-bond acceptors (Lipinski definition) is 6. The lowest BCUT2D eigenvalue weighted by molar-refractivity contribution is 0.102. The second kappa shape index (κ2) is 8.56. The number of thiazole rings is 1. The van der Waals surface area contributed by atoms with Gasteiger partial charge >= 0.3 is 0 Å². The lowest BCUT2D eigenvalue weighted by atomic mass is 10.1. The summed E-state index contributed by atoms with van der Waals surface area (Å²) in [4.78, 5) is 26.3. The average Bonchev–Trinajstić information content (AvgIpc) is 3.22. The van der Waals surface area contributed by atoms with Gasteiger partial charge in [-0.25, -0.2) is 15.0 Å². The number of para-hydroxylation sites is 1. The van der Waals surface area contributed by atoms with Crippen molar-refractivity contribution in [1.29, 1.82) is 0 Å². The van der Waals surface area contributed by atoms with E-state index < -0.39 is 0 Å². The van der Waals surface area contributed by atoms with E-state index in [1.807, 2.05) is 79.7 Å². The van der Waals surface area contributed by atoms with E-state index in [0.717, 1.165) is 27.2 Å². The van der Waals surface area contributed by atoms with Crippen molar-refractivity contribution >= 4 is 44.1 Å². The Morgan fingerprint density at radius 2 is 1.66 bits per heavy atom. The van der Waals surface area contributed by atoms with Crippen molar-refractivity contribution in [2.45, 2.75) is 6.92 Å². The molecule has 0 aliphatic heterocycles. The molecular weight excluding hydrogens is 418 g/mol. The predicted octanol–water partition coefficient (Wildman–Crippen LogP) is 6.06. The largest absolute Gasteiger partial charge is 0.340 e. The maximum Gasteiger partial charge on any atom is 0.257 e. The second-order valence-electron chi connectivity index (χ2n) is 7.20. The Morgan fingerprint density at radius 1 is 0.844 bits per heavy atom. The molecule has 0 aliphatic rings. The van der Waals surface area contributed by atoms with Gasteiger partial charge in [-0.3, -0.25) is 10.1 Å². The van der Waals surface area contributed by atoms with Crippen LogP contribution in [-0.4, -0.2) is 20.9 Å². The number of benzene rings is 3.